The van der Waals surface area contributed by atoms with Crippen LogP contribution in [0, 0.1) is 0 Å². The maximum atomic E-state index is 8.70. The number of nitrogens with one attached hydrogen (secondary N) is 3. The van der Waals surface area contributed by atoms with Crippen LogP contribution in [-0.2, 0) is 6.54 Å². The van der Waals surface area contributed by atoms with Gasteiger partial charge in [-0.3, -0.25) is 4.68 Å². The standard InChI is InChI=1S/C14H23N5O/c1-15-4-5-17-13-2-3-14-12(10-13)11-19(18-14)8-6-16-7-9-20/h2-3,10-11,15-17,20H,4-9H2,1H3. The molecule has 0 unspecified atom stereocenters. The van der Waals surface area contributed by atoms with E-state index < -0.39 is 0 Å². The molecule has 1 aromatic carbocycles. The van der Waals surface area contributed by atoms with Crippen LogP contribution >= 0.6 is 0 Å². The van der Waals surface area contributed by atoms with Crippen LogP contribution in [0.25, 0.3) is 10.9 Å². The second-order valence-electron chi connectivity index (χ2n) is 4.67. The van der Waals surface area contributed by atoms with Gasteiger partial charge in [-0.1, -0.05) is 0 Å². The van der Waals surface area contributed by atoms with Crippen molar-refractivity contribution < 1.29 is 5.11 Å². The van der Waals surface area contributed by atoms with Crippen LogP contribution in [0.2, 0.25) is 0 Å². The van der Waals surface area contributed by atoms with Crippen LogP contribution in [-0.4, -0.2) is 54.7 Å². The molecule has 0 atom stereocenters. The minimum absolute atomic E-state index is 0.169. The van der Waals surface area contributed by atoms with Crippen LogP contribution in [0.4, 0.5) is 5.69 Å². The molecule has 0 aliphatic heterocycles. The zero-order valence-electron chi connectivity index (χ0n) is 11.9. The van der Waals surface area contributed by atoms with Gasteiger partial charge in [-0.25, -0.2) is 0 Å². The van der Waals surface area contributed by atoms with Crippen LogP contribution in [0.3, 0.4) is 0 Å². The molecule has 110 valence electrons. The van der Waals surface area contributed by atoms with Gasteiger partial charge in [0.1, 0.15) is 0 Å². The summed E-state index contributed by atoms with van der Waals surface area (Å²) in [6, 6.07) is 6.21. The van der Waals surface area contributed by atoms with Gasteiger partial charge < -0.3 is 21.1 Å². The number of anilines is 1. The van der Waals surface area contributed by atoms with Crippen molar-refractivity contribution in [3.8, 4) is 0 Å². The first-order chi connectivity index (χ1) is 9.83. The summed E-state index contributed by atoms with van der Waals surface area (Å²) in [5.74, 6) is 0. The summed E-state index contributed by atoms with van der Waals surface area (Å²) in [6.07, 6.45) is 2.05. The molecule has 0 saturated heterocycles. The quantitative estimate of drug-likeness (QED) is 0.495. The Labute approximate surface area is 119 Å². The molecule has 0 amide bonds. The third-order valence-electron chi connectivity index (χ3n) is 3.06. The lowest BCUT2D eigenvalue weighted by Crippen LogP contribution is -2.23. The fourth-order valence-electron chi connectivity index (χ4n) is 2.03. The molecule has 0 fully saturated rings. The molecular weight excluding hydrogens is 254 g/mol. The maximum absolute atomic E-state index is 8.70. The van der Waals surface area contributed by atoms with Crippen molar-refractivity contribution >= 4 is 16.6 Å². The van der Waals surface area contributed by atoms with E-state index in [-0.39, 0.29) is 6.61 Å². The van der Waals surface area contributed by atoms with Crippen molar-refractivity contribution in [2.75, 3.05) is 45.2 Å². The second kappa shape index (κ2) is 7.84. The number of fused-ring (bicyclic) bond motifs is 1. The predicted molar refractivity (Wildman–Crippen MR) is 82.1 cm³/mol. The van der Waals surface area contributed by atoms with Gasteiger partial charge in [0.2, 0.25) is 0 Å². The van der Waals surface area contributed by atoms with E-state index in [1.54, 1.807) is 0 Å². The molecule has 0 radical (unpaired) electrons. The van der Waals surface area contributed by atoms with Crippen molar-refractivity contribution in [1.82, 2.24) is 20.4 Å². The molecule has 0 saturated carbocycles. The number of aliphatic hydroxyl groups is 1. The van der Waals surface area contributed by atoms with Crippen molar-refractivity contribution in [3.05, 3.63) is 24.4 Å². The third kappa shape index (κ3) is 4.19. The average molecular weight is 277 g/mol. The monoisotopic (exact) mass is 277 g/mol. The number of rotatable bonds is 9. The summed E-state index contributed by atoms with van der Waals surface area (Å²) in [5, 5.41) is 24.0. The van der Waals surface area contributed by atoms with Gasteiger partial charge in [0, 0.05) is 43.4 Å². The number of aliphatic hydroxyl groups excluding tert-OH is 1. The molecule has 2 rings (SSSR count). The molecule has 20 heavy (non-hydrogen) atoms. The van der Waals surface area contributed by atoms with E-state index in [1.807, 2.05) is 17.8 Å². The highest BCUT2D eigenvalue weighted by Crippen LogP contribution is 2.17. The zero-order chi connectivity index (χ0) is 14.2. The molecule has 4 N–H and O–H groups in total. The van der Waals surface area contributed by atoms with E-state index in [2.05, 4.69) is 39.4 Å². The molecular formula is C14H23N5O. The number of hydrogen-bond donors (Lipinski definition) is 4. The van der Waals surface area contributed by atoms with Crippen LogP contribution in [0.1, 0.15) is 0 Å². The van der Waals surface area contributed by atoms with Crippen molar-refractivity contribution in [1.29, 1.82) is 0 Å². The first-order valence-corrected chi connectivity index (χ1v) is 7.01. The number of benzene rings is 1. The Kier molecular flexibility index (Phi) is 5.79. The molecule has 0 spiro atoms. The predicted octanol–water partition coefficient (Wildman–Crippen LogP) is 0.249. The molecule has 0 aliphatic carbocycles. The van der Waals surface area contributed by atoms with Gasteiger partial charge in [-0.15, -0.1) is 0 Å². The lowest BCUT2D eigenvalue weighted by molar-refractivity contribution is 0.291. The summed E-state index contributed by atoms with van der Waals surface area (Å²) in [6.45, 7) is 4.25. The Morgan fingerprint density at radius 2 is 2.10 bits per heavy atom. The van der Waals surface area contributed by atoms with Crippen molar-refractivity contribution in [3.63, 3.8) is 0 Å². The van der Waals surface area contributed by atoms with E-state index in [0.717, 1.165) is 42.8 Å². The maximum Gasteiger partial charge on any atom is 0.0924 e. The van der Waals surface area contributed by atoms with Gasteiger partial charge in [-0.05, 0) is 25.2 Å². The summed E-state index contributed by atoms with van der Waals surface area (Å²) in [4.78, 5) is 0. The molecule has 0 aliphatic rings. The number of nitrogens with zero attached hydrogens (tertiary/aromatic N) is 2. The van der Waals surface area contributed by atoms with Gasteiger partial charge in [0.05, 0.1) is 18.7 Å². The summed E-state index contributed by atoms with van der Waals surface area (Å²) >= 11 is 0. The van der Waals surface area contributed by atoms with E-state index in [9.17, 15) is 0 Å². The van der Waals surface area contributed by atoms with Crippen LogP contribution in [0.15, 0.2) is 24.4 Å². The fourth-order valence-corrected chi connectivity index (χ4v) is 2.03. The van der Waals surface area contributed by atoms with Crippen LogP contribution in [0.5, 0.6) is 0 Å². The van der Waals surface area contributed by atoms with Crippen LogP contribution < -0.4 is 16.0 Å². The Balaban J connectivity index is 1.94. The molecule has 6 nitrogen and oxygen atoms in total. The SMILES string of the molecule is CNCCNc1ccc2nn(CCNCCO)cc2c1. The fraction of sp³-hybridized carbons (Fsp3) is 0.500. The Morgan fingerprint density at radius 1 is 1.20 bits per heavy atom. The van der Waals surface area contributed by atoms with Crippen molar-refractivity contribution in [2.45, 2.75) is 6.54 Å². The Bertz CT molecular complexity index is 525. The smallest absolute Gasteiger partial charge is 0.0924 e. The Morgan fingerprint density at radius 3 is 2.90 bits per heavy atom. The largest absolute Gasteiger partial charge is 0.395 e. The lowest BCUT2D eigenvalue weighted by Gasteiger charge is -2.04. The topological polar surface area (TPSA) is 74.1 Å². The van der Waals surface area contributed by atoms with E-state index in [1.165, 1.54) is 0 Å². The summed E-state index contributed by atoms with van der Waals surface area (Å²) in [5.41, 5.74) is 2.12. The van der Waals surface area contributed by atoms with Crippen molar-refractivity contribution in [2.24, 2.45) is 0 Å². The zero-order valence-corrected chi connectivity index (χ0v) is 11.9. The molecule has 1 heterocycles. The minimum Gasteiger partial charge on any atom is -0.395 e. The first kappa shape index (κ1) is 14.8. The van der Waals surface area contributed by atoms with Gasteiger partial charge >= 0.3 is 0 Å². The van der Waals surface area contributed by atoms with E-state index >= 15 is 0 Å². The average Bonchev–Trinajstić information content (AvgIpc) is 2.86. The highest BCUT2D eigenvalue weighted by Gasteiger charge is 2.01. The van der Waals surface area contributed by atoms with E-state index in [4.69, 9.17) is 5.11 Å². The molecule has 0 bridgehead atoms. The van der Waals surface area contributed by atoms with Gasteiger partial charge in [0.25, 0.3) is 0 Å². The normalized spacial score (nSPS) is 11.1. The molecule has 2 aromatic rings. The summed E-state index contributed by atoms with van der Waals surface area (Å²) in [7, 11) is 1.94. The molecule has 1 aromatic heterocycles. The third-order valence-corrected chi connectivity index (χ3v) is 3.06. The highest BCUT2D eigenvalue weighted by atomic mass is 16.3. The summed E-state index contributed by atoms with van der Waals surface area (Å²) < 4.78 is 1.94. The molecule has 6 heteroatoms. The van der Waals surface area contributed by atoms with Gasteiger partial charge in [0.15, 0.2) is 0 Å². The highest BCUT2D eigenvalue weighted by molar-refractivity contribution is 5.81. The number of hydrogen-bond acceptors (Lipinski definition) is 5. The second-order valence-corrected chi connectivity index (χ2v) is 4.67. The van der Waals surface area contributed by atoms with E-state index in [0.29, 0.717) is 6.54 Å². The number of likely N-dealkylation sites (N-methyl/N-ethyl adjacent to an activating group) is 1. The minimum atomic E-state index is 0.169. The van der Waals surface area contributed by atoms with Gasteiger partial charge in [-0.2, -0.15) is 5.10 Å². The lowest BCUT2D eigenvalue weighted by atomic mass is 10.2. The number of aromatic nitrogens is 2. The first-order valence-electron chi connectivity index (χ1n) is 7.01. The Hall–Kier alpha value is -1.63.